The highest BCUT2D eigenvalue weighted by Crippen LogP contribution is 2.32. The molecule has 0 saturated heterocycles. The Morgan fingerprint density at radius 3 is 2.46 bits per heavy atom. The van der Waals surface area contributed by atoms with E-state index in [2.05, 4.69) is 0 Å². The van der Waals surface area contributed by atoms with Gasteiger partial charge >= 0.3 is 6.18 Å². The van der Waals surface area contributed by atoms with Crippen LogP contribution in [0.5, 0.6) is 0 Å². The van der Waals surface area contributed by atoms with Crippen molar-refractivity contribution in [2.75, 3.05) is 0 Å². The van der Waals surface area contributed by atoms with Crippen molar-refractivity contribution >= 4 is 22.7 Å². The monoisotopic (exact) mass is 343 g/mol. The van der Waals surface area contributed by atoms with Crippen LogP contribution in [0.2, 0.25) is 0 Å². The van der Waals surface area contributed by atoms with Gasteiger partial charge < -0.3 is 9.67 Å². The molecule has 24 heavy (non-hydrogen) atoms. The third-order valence-electron chi connectivity index (χ3n) is 3.57. The second-order valence-corrected chi connectivity index (χ2v) is 5.62. The third kappa shape index (κ3) is 3.51. The molecule has 0 saturated carbocycles. The van der Waals surface area contributed by atoms with Gasteiger partial charge in [-0.2, -0.15) is 13.2 Å². The van der Waals surface area contributed by atoms with Gasteiger partial charge in [-0.15, -0.1) is 0 Å². The molecule has 1 atom stereocenters. The predicted molar refractivity (Wildman–Crippen MR) is 79.8 cm³/mol. The highest BCUT2D eigenvalue weighted by molar-refractivity contribution is 6.07. The topological polar surface area (TPSA) is 83.4 Å². The van der Waals surface area contributed by atoms with Gasteiger partial charge in [-0.05, 0) is 13.0 Å². The fraction of sp³-hybridized carbons (Fsp3) is 0.333. The van der Waals surface area contributed by atoms with E-state index < -0.39 is 30.0 Å². The van der Waals surface area contributed by atoms with Gasteiger partial charge in [0.15, 0.2) is 5.60 Å². The Hall–Kier alpha value is -2.55. The second-order valence-electron chi connectivity index (χ2n) is 5.62. The van der Waals surface area contributed by atoms with Crippen LogP contribution in [0.3, 0.4) is 0 Å². The number of amides is 2. The van der Waals surface area contributed by atoms with E-state index >= 15 is 0 Å². The summed E-state index contributed by atoms with van der Waals surface area (Å²) in [6.07, 6.45) is -4.64. The summed E-state index contributed by atoms with van der Waals surface area (Å²) < 4.78 is 39.3. The van der Waals surface area contributed by atoms with E-state index in [0.29, 0.717) is 12.3 Å². The van der Waals surface area contributed by atoms with E-state index in [4.69, 9.17) is 0 Å². The molecule has 0 bridgehead atoms. The summed E-state index contributed by atoms with van der Waals surface area (Å²) in [5, 5.41) is 9.88. The van der Waals surface area contributed by atoms with Gasteiger partial charge in [-0.3, -0.25) is 20.4 Å². The molecule has 9 heteroatoms. The van der Waals surface area contributed by atoms with Crippen molar-refractivity contribution in [1.29, 1.82) is 0 Å². The largest absolute Gasteiger partial charge is 0.417 e. The average Bonchev–Trinajstić information content (AvgIpc) is 2.81. The molecule has 130 valence electrons. The van der Waals surface area contributed by atoms with Crippen LogP contribution in [0, 0.1) is 0 Å². The first-order chi connectivity index (χ1) is 11.0. The molecule has 0 aliphatic carbocycles. The van der Waals surface area contributed by atoms with E-state index in [9.17, 15) is 27.9 Å². The molecule has 3 N–H and O–H groups in total. The maximum Gasteiger partial charge on any atom is 0.417 e. The van der Waals surface area contributed by atoms with Crippen LogP contribution in [0.4, 0.5) is 13.2 Å². The first-order valence-corrected chi connectivity index (χ1v) is 6.95. The number of halogens is 3. The molecule has 0 radical (unpaired) electrons. The first kappa shape index (κ1) is 17.8. The van der Waals surface area contributed by atoms with Gasteiger partial charge in [0.05, 0.1) is 12.0 Å². The van der Waals surface area contributed by atoms with Crippen LogP contribution in [0.1, 0.15) is 23.7 Å². The fourth-order valence-electron chi connectivity index (χ4n) is 2.17. The van der Waals surface area contributed by atoms with Gasteiger partial charge in [-0.1, -0.05) is 18.2 Å². The van der Waals surface area contributed by atoms with Crippen molar-refractivity contribution in [2.24, 2.45) is 7.05 Å². The maximum absolute atomic E-state index is 12.5. The van der Waals surface area contributed by atoms with Crippen LogP contribution >= 0.6 is 0 Å². The van der Waals surface area contributed by atoms with Crippen molar-refractivity contribution < 1.29 is 27.9 Å². The van der Waals surface area contributed by atoms with Gasteiger partial charge in [0.2, 0.25) is 5.91 Å². The molecule has 1 heterocycles. The number of benzene rings is 1. The summed E-state index contributed by atoms with van der Waals surface area (Å²) in [5.74, 6) is -1.84. The molecule has 0 aliphatic rings. The Balaban J connectivity index is 2.04. The van der Waals surface area contributed by atoms with E-state index in [1.54, 1.807) is 35.9 Å². The molecule has 2 rings (SSSR count). The van der Waals surface area contributed by atoms with E-state index in [0.717, 1.165) is 5.52 Å². The lowest BCUT2D eigenvalue weighted by Gasteiger charge is -2.25. The lowest BCUT2D eigenvalue weighted by molar-refractivity contribution is -0.253. The predicted octanol–water partition coefficient (Wildman–Crippen LogP) is 1.64. The molecule has 1 aromatic heterocycles. The summed E-state index contributed by atoms with van der Waals surface area (Å²) in [6, 6.07) is 7.04. The van der Waals surface area contributed by atoms with Gasteiger partial charge in [0.25, 0.3) is 5.91 Å². The maximum atomic E-state index is 12.5. The average molecular weight is 343 g/mol. The molecular formula is C15H16F3N3O3. The number of rotatable bonds is 3. The Morgan fingerprint density at radius 1 is 1.21 bits per heavy atom. The lowest BCUT2D eigenvalue weighted by Crippen LogP contribution is -2.49. The summed E-state index contributed by atoms with van der Waals surface area (Å²) in [7, 11) is 1.73. The second kappa shape index (κ2) is 6.16. The Bertz CT molecular complexity index is 781. The highest BCUT2D eigenvalue weighted by Gasteiger charge is 2.51. The van der Waals surface area contributed by atoms with Crippen molar-refractivity contribution in [3.05, 3.63) is 36.0 Å². The number of aryl methyl sites for hydroxylation is 1. The van der Waals surface area contributed by atoms with Crippen molar-refractivity contribution in [2.45, 2.75) is 25.1 Å². The zero-order chi connectivity index (χ0) is 18.1. The molecule has 2 aromatic rings. The zero-order valence-electron chi connectivity index (χ0n) is 12.9. The van der Waals surface area contributed by atoms with Crippen LogP contribution in [-0.4, -0.2) is 33.3 Å². The third-order valence-corrected chi connectivity index (χ3v) is 3.57. The molecule has 2 amide bonds. The lowest BCUT2D eigenvalue weighted by atomic mass is 10.0. The number of nitrogens with one attached hydrogen (secondary N) is 2. The quantitative estimate of drug-likeness (QED) is 0.741. The van der Waals surface area contributed by atoms with Crippen LogP contribution in [-0.2, 0) is 11.8 Å². The smallest absolute Gasteiger partial charge is 0.380 e. The number of aromatic nitrogens is 1. The van der Waals surface area contributed by atoms with Crippen LogP contribution in [0.25, 0.3) is 10.9 Å². The Kier molecular flexibility index (Phi) is 4.57. The minimum absolute atomic E-state index is 0.260. The summed E-state index contributed by atoms with van der Waals surface area (Å²) in [4.78, 5) is 23.6. The van der Waals surface area contributed by atoms with E-state index in [1.807, 2.05) is 10.9 Å². The molecule has 1 aromatic carbocycles. The minimum Gasteiger partial charge on any atom is -0.380 e. The van der Waals surface area contributed by atoms with Gasteiger partial charge in [0, 0.05) is 24.1 Å². The van der Waals surface area contributed by atoms with Crippen molar-refractivity contribution in [3.8, 4) is 0 Å². The Morgan fingerprint density at radius 2 is 1.83 bits per heavy atom. The zero-order valence-corrected chi connectivity index (χ0v) is 12.9. The number of alkyl halides is 3. The number of hydrogen-bond donors (Lipinski definition) is 3. The number of nitrogens with zero attached hydrogens (tertiary/aromatic N) is 1. The fourth-order valence-corrected chi connectivity index (χ4v) is 2.17. The van der Waals surface area contributed by atoms with E-state index in [-0.39, 0.29) is 5.56 Å². The molecule has 0 aliphatic heterocycles. The van der Waals surface area contributed by atoms with Crippen LogP contribution < -0.4 is 10.9 Å². The minimum atomic E-state index is -4.95. The molecule has 6 nitrogen and oxygen atoms in total. The number of carbonyl (C=O) groups excluding carboxylic acids is 2. The normalized spacial score (nSPS) is 14.2. The molecule has 0 unspecified atom stereocenters. The summed E-state index contributed by atoms with van der Waals surface area (Å²) in [6.45, 7) is 0.485. The number of hydrogen-bond acceptors (Lipinski definition) is 3. The summed E-state index contributed by atoms with van der Waals surface area (Å²) >= 11 is 0. The number of carbonyl (C=O) groups is 2. The number of para-hydroxylation sites is 1. The summed E-state index contributed by atoms with van der Waals surface area (Å²) in [5.41, 5.74) is 1.79. The van der Waals surface area contributed by atoms with Crippen molar-refractivity contribution in [3.63, 3.8) is 0 Å². The number of aliphatic hydroxyl groups is 1. The van der Waals surface area contributed by atoms with Gasteiger partial charge in [0.1, 0.15) is 0 Å². The number of hydrazine groups is 1. The Labute approximate surface area is 135 Å². The van der Waals surface area contributed by atoms with Crippen LogP contribution in [0.15, 0.2) is 30.5 Å². The highest BCUT2D eigenvalue weighted by atomic mass is 19.4. The molecular weight excluding hydrogens is 327 g/mol. The SMILES string of the molecule is Cn1cc(C(=O)NNC(=O)C[C@](C)(O)C(F)(F)F)c2ccccc21. The first-order valence-electron chi connectivity index (χ1n) is 6.95. The van der Waals surface area contributed by atoms with E-state index in [1.165, 1.54) is 6.20 Å². The molecule has 0 spiro atoms. The molecule has 0 fully saturated rings. The van der Waals surface area contributed by atoms with Gasteiger partial charge in [-0.25, -0.2) is 0 Å². The van der Waals surface area contributed by atoms with Crippen molar-refractivity contribution in [1.82, 2.24) is 15.4 Å². The standard InChI is InChI=1S/C15H16F3N3O3/c1-14(24,15(16,17)18)7-12(22)19-20-13(23)10-8-21(2)11-6-4-3-5-9(10)11/h3-6,8,24H,7H2,1-2H3,(H,19,22)(H,20,23)/t14-/m0/s1. The number of fused-ring (bicyclic) bond motifs is 1.